The van der Waals surface area contributed by atoms with Crippen LogP contribution in [0.2, 0.25) is 0 Å². The molecule has 2 aromatic heterocycles. The predicted molar refractivity (Wildman–Crippen MR) is 98.4 cm³/mol. The summed E-state index contributed by atoms with van der Waals surface area (Å²) in [5.41, 5.74) is 0.362. The molecule has 0 bridgehead atoms. The van der Waals surface area contributed by atoms with Crippen LogP contribution in [0.3, 0.4) is 0 Å². The number of carbonyl (C=O) groups is 1. The summed E-state index contributed by atoms with van der Waals surface area (Å²) in [4.78, 5) is 35.9. The van der Waals surface area contributed by atoms with Crippen LogP contribution in [0.25, 0.3) is 16.9 Å². The van der Waals surface area contributed by atoms with Crippen molar-refractivity contribution in [3.63, 3.8) is 0 Å². The second kappa shape index (κ2) is 7.28. The molecule has 3 aromatic rings. The number of likely N-dealkylation sites (tertiary alicyclic amines) is 1. The van der Waals surface area contributed by atoms with Crippen molar-refractivity contribution < 1.29 is 4.79 Å². The first-order valence-electron chi connectivity index (χ1n) is 8.52. The maximum Gasteiger partial charge on any atom is 0.269 e. The predicted octanol–water partition coefficient (Wildman–Crippen LogP) is 1.61. The van der Waals surface area contributed by atoms with E-state index < -0.39 is 0 Å². The molecule has 1 N–H and O–H groups in total. The monoisotopic (exact) mass is 370 g/mol. The summed E-state index contributed by atoms with van der Waals surface area (Å²) in [5.74, 6) is 0.598. The standard InChI is InChI=1S/C17H18N6O2S/c24-14(22-8-4-1-5-9-22)10-26-17-20-13-7-3-2-6-12(13)15(25)23(17)16-18-11-19-21-16/h2-3,6-7,11H,1,4-5,8-10H2,(H,18,19,21). The number of amides is 1. The number of aromatic amines is 1. The number of thioether (sulfide) groups is 1. The summed E-state index contributed by atoms with van der Waals surface area (Å²) >= 11 is 1.25. The van der Waals surface area contributed by atoms with Crippen LogP contribution >= 0.6 is 11.8 Å². The molecule has 0 radical (unpaired) electrons. The van der Waals surface area contributed by atoms with Crippen molar-refractivity contribution in [3.05, 3.63) is 40.9 Å². The average Bonchev–Trinajstić information content (AvgIpc) is 3.21. The number of carbonyl (C=O) groups excluding carboxylic acids is 1. The van der Waals surface area contributed by atoms with E-state index in [1.165, 1.54) is 29.1 Å². The van der Waals surface area contributed by atoms with Crippen molar-refractivity contribution >= 4 is 28.6 Å². The molecule has 0 unspecified atom stereocenters. The Morgan fingerprint density at radius 3 is 2.77 bits per heavy atom. The van der Waals surface area contributed by atoms with Crippen LogP contribution in [0, 0.1) is 0 Å². The first-order valence-corrected chi connectivity index (χ1v) is 9.51. The van der Waals surface area contributed by atoms with E-state index in [-0.39, 0.29) is 17.2 Å². The molecule has 134 valence electrons. The average molecular weight is 370 g/mol. The number of para-hydroxylation sites is 1. The summed E-state index contributed by atoms with van der Waals surface area (Å²) < 4.78 is 1.38. The van der Waals surface area contributed by atoms with E-state index in [4.69, 9.17) is 0 Å². The molecule has 1 amide bonds. The molecule has 0 spiro atoms. The highest BCUT2D eigenvalue weighted by molar-refractivity contribution is 7.99. The summed E-state index contributed by atoms with van der Waals surface area (Å²) in [6.45, 7) is 1.61. The maximum absolute atomic E-state index is 12.9. The van der Waals surface area contributed by atoms with Crippen molar-refractivity contribution in [1.82, 2.24) is 29.6 Å². The van der Waals surface area contributed by atoms with Crippen molar-refractivity contribution in [2.75, 3.05) is 18.8 Å². The van der Waals surface area contributed by atoms with Gasteiger partial charge in [0.25, 0.3) is 5.56 Å². The lowest BCUT2D eigenvalue weighted by molar-refractivity contribution is -0.129. The number of nitrogens with one attached hydrogen (secondary N) is 1. The molecule has 4 rings (SSSR count). The second-order valence-corrected chi connectivity index (χ2v) is 7.03. The number of hydrogen-bond acceptors (Lipinski definition) is 6. The van der Waals surface area contributed by atoms with Gasteiger partial charge in [-0.1, -0.05) is 23.9 Å². The SMILES string of the molecule is O=C(CSc1nc2ccccc2c(=O)n1-c1ncn[nH]1)N1CCCCC1. The van der Waals surface area contributed by atoms with Gasteiger partial charge in [-0.15, -0.1) is 0 Å². The molecule has 0 saturated carbocycles. The highest BCUT2D eigenvalue weighted by Crippen LogP contribution is 2.21. The van der Waals surface area contributed by atoms with Gasteiger partial charge in [-0.2, -0.15) is 10.1 Å². The fourth-order valence-corrected chi connectivity index (χ4v) is 3.96. The fourth-order valence-electron chi connectivity index (χ4n) is 3.06. The largest absolute Gasteiger partial charge is 0.342 e. The Morgan fingerprint density at radius 1 is 1.19 bits per heavy atom. The molecular weight excluding hydrogens is 352 g/mol. The lowest BCUT2D eigenvalue weighted by atomic mass is 10.1. The maximum atomic E-state index is 12.9. The minimum Gasteiger partial charge on any atom is -0.342 e. The van der Waals surface area contributed by atoms with Gasteiger partial charge in [-0.25, -0.2) is 14.6 Å². The Hall–Kier alpha value is -2.68. The van der Waals surface area contributed by atoms with E-state index in [0.29, 0.717) is 22.0 Å². The van der Waals surface area contributed by atoms with Crippen LogP contribution in [-0.2, 0) is 4.79 Å². The van der Waals surface area contributed by atoms with E-state index in [0.717, 1.165) is 25.9 Å². The van der Waals surface area contributed by atoms with E-state index in [9.17, 15) is 9.59 Å². The van der Waals surface area contributed by atoms with Crippen LogP contribution in [0.1, 0.15) is 19.3 Å². The molecule has 1 aliphatic heterocycles. The van der Waals surface area contributed by atoms with Crippen LogP contribution in [-0.4, -0.2) is 54.4 Å². The highest BCUT2D eigenvalue weighted by Gasteiger charge is 2.20. The van der Waals surface area contributed by atoms with Crippen molar-refractivity contribution in [2.45, 2.75) is 24.4 Å². The summed E-state index contributed by atoms with van der Waals surface area (Å²) in [5, 5.41) is 7.45. The van der Waals surface area contributed by atoms with Crippen LogP contribution in [0.4, 0.5) is 0 Å². The summed E-state index contributed by atoms with van der Waals surface area (Å²) in [7, 11) is 0. The molecule has 0 aliphatic carbocycles. The molecule has 0 atom stereocenters. The smallest absolute Gasteiger partial charge is 0.269 e. The molecule has 1 aromatic carbocycles. The number of H-pyrrole nitrogens is 1. The molecular formula is C17H18N6O2S. The fraction of sp³-hybridized carbons (Fsp3) is 0.353. The Morgan fingerprint density at radius 2 is 2.00 bits per heavy atom. The third kappa shape index (κ3) is 3.22. The lowest BCUT2D eigenvalue weighted by Gasteiger charge is -2.26. The number of nitrogens with zero attached hydrogens (tertiary/aromatic N) is 5. The molecule has 1 saturated heterocycles. The zero-order valence-corrected chi connectivity index (χ0v) is 14.9. The van der Waals surface area contributed by atoms with Gasteiger partial charge in [-0.05, 0) is 31.4 Å². The van der Waals surface area contributed by atoms with Gasteiger partial charge in [0.05, 0.1) is 16.7 Å². The van der Waals surface area contributed by atoms with Crippen LogP contribution in [0.5, 0.6) is 0 Å². The molecule has 1 aliphatic rings. The Bertz CT molecular complexity index is 979. The quantitative estimate of drug-likeness (QED) is 0.554. The number of rotatable bonds is 4. The normalized spacial score (nSPS) is 14.7. The Labute approximate surface area is 153 Å². The second-order valence-electron chi connectivity index (χ2n) is 6.09. The molecule has 3 heterocycles. The molecule has 26 heavy (non-hydrogen) atoms. The molecule has 8 nitrogen and oxygen atoms in total. The molecule has 9 heteroatoms. The summed E-state index contributed by atoms with van der Waals surface area (Å²) in [6, 6.07) is 7.15. The van der Waals surface area contributed by atoms with Gasteiger partial charge in [-0.3, -0.25) is 9.59 Å². The van der Waals surface area contributed by atoms with E-state index >= 15 is 0 Å². The summed E-state index contributed by atoms with van der Waals surface area (Å²) in [6.07, 6.45) is 4.61. The van der Waals surface area contributed by atoms with E-state index in [1.807, 2.05) is 11.0 Å². The minimum absolute atomic E-state index is 0.0706. The zero-order valence-electron chi connectivity index (χ0n) is 14.1. The van der Waals surface area contributed by atoms with Crippen molar-refractivity contribution in [3.8, 4) is 5.95 Å². The number of piperidine rings is 1. The molecule has 1 fully saturated rings. The van der Waals surface area contributed by atoms with Crippen molar-refractivity contribution in [1.29, 1.82) is 0 Å². The topological polar surface area (TPSA) is 96.8 Å². The lowest BCUT2D eigenvalue weighted by Crippen LogP contribution is -2.37. The van der Waals surface area contributed by atoms with Gasteiger partial charge >= 0.3 is 0 Å². The number of aromatic nitrogens is 5. The third-order valence-electron chi connectivity index (χ3n) is 4.39. The first-order chi connectivity index (χ1) is 12.7. The third-order valence-corrected chi connectivity index (χ3v) is 5.32. The minimum atomic E-state index is -0.236. The van der Waals surface area contributed by atoms with Gasteiger partial charge in [0, 0.05) is 13.1 Å². The van der Waals surface area contributed by atoms with E-state index in [1.54, 1.807) is 18.2 Å². The Balaban J connectivity index is 1.68. The Kier molecular flexibility index (Phi) is 4.70. The van der Waals surface area contributed by atoms with Gasteiger partial charge in [0.1, 0.15) is 6.33 Å². The first kappa shape index (κ1) is 16.8. The van der Waals surface area contributed by atoms with Gasteiger partial charge in [0.15, 0.2) is 5.16 Å². The number of fused-ring (bicyclic) bond motifs is 1. The highest BCUT2D eigenvalue weighted by atomic mass is 32.2. The van der Waals surface area contributed by atoms with Gasteiger partial charge < -0.3 is 4.90 Å². The van der Waals surface area contributed by atoms with Crippen LogP contribution < -0.4 is 5.56 Å². The number of benzene rings is 1. The van der Waals surface area contributed by atoms with Crippen molar-refractivity contribution in [2.24, 2.45) is 0 Å². The van der Waals surface area contributed by atoms with Crippen LogP contribution in [0.15, 0.2) is 40.5 Å². The van der Waals surface area contributed by atoms with E-state index in [2.05, 4.69) is 20.2 Å². The zero-order chi connectivity index (χ0) is 17.9. The number of hydrogen-bond donors (Lipinski definition) is 1. The van der Waals surface area contributed by atoms with Gasteiger partial charge in [0.2, 0.25) is 11.9 Å².